The summed E-state index contributed by atoms with van der Waals surface area (Å²) >= 11 is 0. The number of nitrogens with zero attached hydrogens (tertiary/aromatic N) is 1. The quantitative estimate of drug-likeness (QED) is 0.772. The van der Waals surface area contributed by atoms with Crippen molar-refractivity contribution in [3.63, 3.8) is 0 Å². The summed E-state index contributed by atoms with van der Waals surface area (Å²) in [5.74, 6) is 1.71. The van der Waals surface area contributed by atoms with Crippen molar-refractivity contribution in [2.75, 3.05) is 26.4 Å². The third-order valence-electron chi connectivity index (χ3n) is 3.99. The number of hydrogen-bond acceptors (Lipinski definition) is 3. The molecule has 0 bridgehead atoms. The van der Waals surface area contributed by atoms with Crippen molar-refractivity contribution in [2.45, 2.75) is 25.7 Å². The van der Waals surface area contributed by atoms with Crippen LogP contribution >= 0.6 is 0 Å². The number of benzene rings is 1. The Hall–Kier alpha value is -1.74. The summed E-state index contributed by atoms with van der Waals surface area (Å²) < 4.78 is 10.7. The lowest BCUT2D eigenvalue weighted by Crippen LogP contribution is -2.29. The summed E-state index contributed by atoms with van der Waals surface area (Å²) in [7, 11) is 0. The Kier molecular flexibility index (Phi) is 4.95. The molecule has 0 spiro atoms. The first-order valence-electron chi connectivity index (χ1n) is 7.84. The molecule has 0 aliphatic carbocycles. The zero-order chi connectivity index (χ0) is 14.3. The maximum absolute atomic E-state index is 5.39. The molecule has 0 saturated carbocycles. The van der Waals surface area contributed by atoms with Gasteiger partial charge in [-0.05, 0) is 50.0 Å². The second-order valence-corrected chi connectivity index (χ2v) is 5.61. The van der Waals surface area contributed by atoms with Gasteiger partial charge >= 0.3 is 0 Å². The molecule has 1 aromatic rings. The number of likely N-dealkylation sites (tertiary alicyclic amines) is 1. The highest BCUT2D eigenvalue weighted by Crippen LogP contribution is 2.32. The second kappa shape index (κ2) is 7.32. The van der Waals surface area contributed by atoms with Gasteiger partial charge in [0, 0.05) is 6.54 Å². The number of hydrogen-bond donors (Lipinski definition) is 0. The van der Waals surface area contributed by atoms with E-state index >= 15 is 0 Å². The van der Waals surface area contributed by atoms with Gasteiger partial charge in [0.1, 0.15) is 0 Å². The van der Waals surface area contributed by atoms with Gasteiger partial charge in [-0.3, -0.25) is 4.90 Å². The first-order valence-corrected chi connectivity index (χ1v) is 7.84. The van der Waals surface area contributed by atoms with Crippen LogP contribution in [0.25, 0.3) is 0 Å². The number of fused-ring (bicyclic) bond motifs is 1. The minimum absolute atomic E-state index is 0.341. The molecule has 0 atom stereocenters. The summed E-state index contributed by atoms with van der Waals surface area (Å²) in [6.45, 7) is 3.93. The van der Waals surface area contributed by atoms with Gasteiger partial charge in [-0.15, -0.1) is 0 Å². The topological polar surface area (TPSA) is 21.7 Å². The Balaban J connectivity index is 1.42. The molecule has 21 heavy (non-hydrogen) atoms. The minimum Gasteiger partial charge on any atom is -0.454 e. The lowest BCUT2D eigenvalue weighted by Gasteiger charge is -2.24. The minimum atomic E-state index is 0.341. The Morgan fingerprint density at radius 3 is 2.67 bits per heavy atom. The summed E-state index contributed by atoms with van der Waals surface area (Å²) in [4.78, 5) is 2.52. The van der Waals surface area contributed by atoms with Gasteiger partial charge in [-0.1, -0.05) is 36.8 Å². The standard InChI is InChI=1S/C18H23NO2/c1(2-5-11-19-12-6-3-7-13-19)4-8-16-9-10-17-18(14-16)21-15-20-17/h1-2,4-5,9-10,14H,3,6-8,11-13,15H2. The molecule has 1 saturated heterocycles. The highest BCUT2D eigenvalue weighted by Gasteiger charge is 2.12. The molecule has 1 fully saturated rings. The fraction of sp³-hybridized carbons (Fsp3) is 0.444. The molecule has 0 unspecified atom stereocenters. The van der Waals surface area contributed by atoms with E-state index in [0.717, 1.165) is 24.5 Å². The number of rotatable bonds is 5. The van der Waals surface area contributed by atoms with E-state index < -0.39 is 0 Å². The van der Waals surface area contributed by atoms with Crippen molar-refractivity contribution < 1.29 is 9.47 Å². The summed E-state index contributed by atoms with van der Waals surface area (Å²) in [6.07, 6.45) is 13.8. The van der Waals surface area contributed by atoms with Crippen LogP contribution in [0.5, 0.6) is 11.5 Å². The number of ether oxygens (including phenoxy) is 2. The molecule has 0 aromatic heterocycles. The second-order valence-electron chi connectivity index (χ2n) is 5.61. The molecular formula is C18H23NO2. The molecule has 112 valence electrons. The van der Waals surface area contributed by atoms with E-state index in [4.69, 9.17) is 9.47 Å². The van der Waals surface area contributed by atoms with Gasteiger partial charge in [0.25, 0.3) is 0 Å². The zero-order valence-corrected chi connectivity index (χ0v) is 12.5. The van der Waals surface area contributed by atoms with Crippen LogP contribution in [0.4, 0.5) is 0 Å². The Bertz CT molecular complexity index is 516. The average molecular weight is 285 g/mol. The Labute approximate surface area is 126 Å². The van der Waals surface area contributed by atoms with Crippen molar-refractivity contribution in [3.05, 3.63) is 48.1 Å². The molecule has 2 heterocycles. The maximum atomic E-state index is 5.39. The predicted molar refractivity (Wildman–Crippen MR) is 84.8 cm³/mol. The molecule has 3 rings (SSSR count). The number of piperidine rings is 1. The molecule has 0 N–H and O–H groups in total. The van der Waals surface area contributed by atoms with Crippen molar-refractivity contribution in [2.24, 2.45) is 0 Å². The van der Waals surface area contributed by atoms with Gasteiger partial charge in [0.05, 0.1) is 0 Å². The summed E-state index contributed by atoms with van der Waals surface area (Å²) in [6, 6.07) is 6.14. The van der Waals surface area contributed by atoms with Crippen molar-refractivity contribution in [1.82, 2.24) is 4.90 Å². The monoisotopic (exact) mass is 285 g/mol. The maximum Gasteiger partial charge on any atom is 0.231 e. The van der Waals surface area contributed by atoms with Crippen LogP contribution in [0.3, 0.4) is 0 Å². The van der Waals surface area contributed by atoms with Crippen molar-refractivity contribution in [3.8, 4) is 11.5 Å². The van der Waals surface area contributed by atoms with Gasteiger partial charge in [-0.2, -0.15) is 0 Å². The fourth-order valence-electron chi connectivity index (χ4n) is 2.78. The van der Waals surface area contributed by atoms with E-state index in [2.05, 4.69) is 41.3 Å². The van der Waals surface area contributed by atoms with Crippen LogP contribution in [0, 0.1) is 0 Å². The predicted octanol–water partition coefficient (Wildman–Crippen LogP) is 3.56. The van der Waals surface area contributed by atoms with Gasteiger partial charge in [-0.25, -0.2) is 0 Å². The normalized spacial score (nSPS) is 18.9. The van der Waals surface area contributed by atoms with Crippen LogP contribution in [0.15, 0.2) is 42.5 Å². The smallest absolute Gasteiger partial charge is 0.231 e. The molecule has 0 radical (unpaired) electrons. The largest absolute Gasteiger partial charge is 0.454 e. The van der Waals surface area contributed by atoms with Crippen molar-refractivity contribution in [1.29, 1.82) is 0 Å². The lowest BCUT2D eigenvalue weighted by atomic mass is 10.1. The molecule has 3 heteroatoms. The first-order chi connectivity index (χ1) is 10.4. The van der Waals surface area contributed by atoms with Gasteiger partial charge in [0.15, 0.2) is 11.5 Å². The van der Waals surface area contributed by atoms with E-state index in [1.165, 1.54) is 37.9 Å². The van der Waals surface area contributed by atoms with Crippen LogP contribution in [0.1, 0.15) is 24.8 Å². The molecule has 0 amide bonds. The Morgan fingerprint density at radius 2 is 1.76 bits per heavy atom. The molecule has 1 aromatic carbocycles. The molecular weight excluding hydrogens is 262 g/mol. The zero-order valence-electron chi connectivity index (χ0n) is 12.5. The lowest BCUT2D eigenvalue weighted by molar-refractivity contribution is 0.174. The molecule has 3 nitrogen and oxygen atoms in total. The van der Waals surface area contributed by atoms with E-state index in [0.29, 0.717) is 6.79 Å². The highest BCUT2D eigenvalue weighted by molar-refractivity contribution is 5.44. The third-order valence-corrected chi connectivity index (χ3v) is 3.99. The van der Waals surface area contributed by atoms with Crippen LogP contribution < -0.4 is 9.47 Å². The molecule has 2 aliphatic heterocycles. The molecule has 2 aliphatic rings. The van der Waals surface area contributed by atoms with Crippen molar-refractivity contribution >= 4 is 0 Å². The highest BCUT2D eigenvalue weighted by atomic mass is 16.7. The number of allylic oxidation sites excluding steroid dienone is 3. The first kappa shape index (κ1) is 14.2. The van der Waals surface area contributed by atoms with E-state index in [1.807, 2.05) is 6.07 Å². The van der Waals surface area contributed by atoms with E-state index in [1.54, 1.807) is 0 Å². The van der Waals surface area contributed by atoms with Gasteiger partial charge < -0.3 is 9.47 Å². The summed E-state index contributed by atoms with van der Waals surface area (Å²) in [5.41, 5.74) is 1.25. The van der Waals surface area contributed by atoms with Gasteiger partial charge in [0.2, 0.25) is 6.79 Å². The fourth-order valence-corrected chi connectivity index (χ4v) is 2.78. The van der Waals surface area contributed by atoms with Crippen LogP contribution in [-0.4, -0.2) is 31.3 Å². The van der Waals surface area contributed by atoms with Crippen LogP contribution in [0.2, 0.25) is 0 Å². The SMILES string of the molecule is C(C=CCN1CCCCC1)=CCc1ccc2c(c1)OCO2. The average Bonchev–Trinajstić information content (AvgIpc) is 2.99. The van der Waals surface area contributed by atoms with E-state index in [9.17, 15) is 0 Å². The Morgan fingerprint density at radius 1 is 0.952 bits per heavy atom. The third kappa shape index (κ3) is 4.11. The summed E-state index contributed by atoms with van der Waals surface area (Å²) in [5, 5.41) is 0. The van der Waals surface area contributed by atoms with Crippen LogP contribution in [-0.2, 0) is 6.42 Å². The van der Waals surface area contributed by atoms with E-state index in [-0.39, 0.29) is 0 Å².